The van der Waals surface area contributed by atoms with E-state index in [0.29, 0.717) is 17.9 Å². The highest BCUT2D eigenvalue weighted by Crippen LogP contribution is 2.48. The molecule has 1 aliphatic carbocycles. The van der Waals surface area contributed by atoms with Crippen molar-refractivity contribution in [2.45, 2.75) is 51.5 Å². The fraction of sp³-hybridized carbons (Fsp3) is 0.765. The van der Waals surface area contributed by atoms with Gasteiger partial charge in [0.2, 0.25) is 0 Å². The Hall–Kier alpha value is -0.800. The highest BCUT2D eigenvalue weighted by atomic mass is 16.3. The number of rotatable bonds is 4. The van der Waals surface area contributed by atoms with Crippen molar-refractivity contribution in [1.82, 2.24) is 4.90 Å². The van der Waals surface area contributed by atoms with E-state index in [4.69, 9.17) is 10.2 Å². The Bertz CT molecular complexity index is 428. The molecule has 4 unspecified atom stereocenters. The van der Waals surface area contributed by atoms with Gasteiger partial charge in [-0.15, -0.1) is 0 Å². The second-order valence-corrected chi connectivity index (χ2v) is 6.62. The van der Waals surface area contributed by atoms with E-state index in [1.54, 1.807) is 0 Å². The van der Waals surface area contributed by atoms with Gasteiger partial charge in [-0.3, -0.25) is 4.90 Å². The monoisotopic (exact) mass is 276 g/mol. The molecule has 0 aromatic carbocycles. The Morgan fingerprint density at radius 2 is 2.05 bits per heavy atom. The van der Waals surface area contributed by atoms with E-state index < -0.39 is 0 Å². The SMILES string of the molecule is CCN1CCCCC(CN)C1c1ccc(C2CC2C)o1. The topological polar surface area (TPSA) is 42.4 Å². The molecule has 4 atom stereocenters. The summed E-state index contributed by atoms with van der Waals surface area (Å²) in [6, 6.07) is 4.80. The first kappa shape index (κ1) is 14.2. The van der Waals surface area contributed by atoms with Gasteiger partial charge in [0, 0.05) is 5.92 Å². The minimum atomic E-state index is 0.385. The number of hydrogen-bond donors (Lipinski definition) is 1. The first-order valence-electron chi connectivity index (χ1n) is 8.28. The molecule has 3 rings (SSSR count). The second-order valence-electron chi connectivity index (χ2n) is 6.62. The van der Waals surface area contributed by atoms with Gasteiger partial charge in [0.1, 0.15) is 11.5 Å². The largest absolute Gasteiger partial charge is 0.464 e. The maximum absolute atomic E-state index is 6.24. The smallest absolute Gasteiger partial charge is 0.121 e. The Balaban J connectivity index is 1.84. The number of likely N-dealkylation sites (tertiary alicyclic amines) is 1. The summed E-state index contributed by atoms with van der Waals surface area (Å²) < 4.78 is 6.24. The lowest BCUT2D eigenvalue weighted by Crippen LogP contribution is -2.35. The van der Waals surface area contributed by atoms with Crippen molar-refractivity contribution in [1.29, 1.82) is 0 Å². The Morgan fingerprint density at radius 1 is 1.30 bits per heavy atom. The van der Waals surface area contributed by atoms with E-state index in [1.807, 2.05) is 0 Å². The van der Waals surface area contributed by atoms with Crippen LogP contribution in [0.3, 0.4) is 0 Å². The maximum atomic E-state index is 6.24. The zero-order chi connectivity index (χ0) is 14.1. The average molecular weight is 276 g/mol. The zero-order valence-electron chi connectivity index (χ0n) is 12.8. The van der Waals surface area contributed by atoms with Crippen LogP contribution in [0.25, 0.3) is 0 Å². The van der Waals surface area contributed by atoms with Gasteiger partial charge in [0.05, 0.1) is 6.04 Å². The molecule has 0 spiro atoms. The Morgan fingerprint density at radius 3 is 2.70 bits per heavy atom. The normalized spacial score (nSPS) is 35.0. The summed E-state index contributed by atoms with van der Waals surface area (Å²) in [5.74, 6) is 4.35. The van der Waals surface area contributed by atoms with E-state index in [1.165, 1.54) is 38.0 Å². The lowest BCUT2D eigenvalue weighted by atomic mass is 9.93. The van der Waals surface area contributed by atoms with Gasteiger partial charge in [0.25, 0.3) is 0 Å². The fourth-order valence-corrected chi connectivity index (χ4v) is 3.78. The van der Waals surface area contributed by atoms with Crippen molar-refractivity contribution in [3.05, 3.63) is 23.7 Å². The fourth-order valence-electron chi connectivity index (χ4n) is 3.78. The molecule has 3 nitrogen and oxygen atoms in total. The number of furan rings is 1. The zero-order valence-corrected chi connectivity index (χ0v) is 12.8. The molecule has 20 heavy (non-hydrogen) atoms. The maximum Gasteiger partial charge on any atom is 0.121 e. The molecule has 112 valence electrons. The van der Waals surface area contributed by atoms with Gasteiger partial charge >= 0.3 is 0 Å². The van der Waals surface area contributed by atoms with Crippen LogP contribution in [-0.4, -0.2) is 24.5 Å². The van der Waals surface area contributed by atoms with Crippen molar-refractivity contribution in [2.24, 2.45) is 17.6 Å². The van der Waals surface area contributed by atoms with E-state index in [0.717, 1.165) is 24.8 Å². The molecule has 2 fully saturated rings. The lowest BCUT2D eigenvalue weighted by Gasteiger charge is -2.32. The average Bonchev–Trinajstić information content (AvgIpc) is 3.07. The predicted molar refractivity (Wildman–Crippen MR) is 81.6 cm³/mol. The minimum Gasteiger partial charge on any atom is -0.464 e. The molecule has 0 radical (unpaired) electrons. The van der Waals surface area contributed by atoms with Crippen LogP contribution in [0.2, 0.25) is 0 Å². The van der Waals surface area contributed by atoms with Crippen LogP contribution < -0.4 is 5.73 Å². The highest BCUT2D eigenvalue weighted by molar-refractivity contribution is 5.20. The van der Waals surface area contributed by atoms with E-state index in [9.17, 15) is 0 Å². The lowest BCUT2D eigenvalue weighted by molar-refractivity contribution is 0.142. The summed E-state index contributed by atoms with van der Waals surface area (Å²) in [6.45, 7) is 7.57. The van der Waals surface area contributed by atoms with Gasteiger partial charge in [-0.2, -0.15) is 0 Å². The van der Waals surface area contributed by atoms with Gasteiger partial charge in [0.15, 0.2) is 0 Å². The van der Waals surface area contributed by atoms with E-state index >= 15 is 0 Å². The van der Waals surface area contributed by atoms with Crippen LogP contribution in [0, 0.1) is 11.8 Å². The van der Waals surface area contributed by atoms with Crippen molar-refractivity contribution in [2.75, 3.05) is 19.6 Å². The molecule has 0 amide bonds. The third-order valence-electron chi connectivity index (χ3n) is 5.23. The summed E-state index contributed by atoms with van der Waals surface area (Å²) in [7, 11) is 0. The standard InChI is InChI=1S/C17H28N2O/c1-3-19-9-5-4-6-13(11-18)17(19)16-8-7-15(20-16)14-10-12(14)2/h7-8,12-14,17H,3-6,9-11,18H2,1-2H3. The molecule has 2 N–H and O–H groups in total. The van der Waals surface area contributed by atoms with Crippen LogP contribution in [0.15, 0.2) is 16.5 Å². The molecular formula is C17H28N2O. The predicted octanol–water partition coefficient (Wildman–Crippen LogP) is 3.52. The van der Waals surface area contributed by atoms with Crippen molar-refractivity contribution in [3.63, 3.8) is 0 Å². The molecule has 3 heteroatoms. The summed E-state index contributed by atoms with van der Waals surface area (Å²) in [5.41, 5.74) is 6.05. The molecule has 1 saturated carbocycles. The third-order valence-corrected chi connectivity index (χ3v) is 5.23. The van der Waals surface area contributed by atoms with E-state index in [-0.39, 0.29) is 0 Å². The van der Waals surface area contributed by atoms with Crippen LogP contribution in [0.1, 0.15) is 63.0 Å². The van der Waals surface area contributed by atoms with Crippen LogP contribution in [0.4, 0.5) is 0 Å². The van der Waals surface area contributed by atoms with E-state index in [2.05, 4.69) is 30.9 Å². The number of hydrogen-bond acceptors (Lipinski definition) is 3. The first-order chi connectivity index (χ1) is 9.74. The molecule has 2 heterocycles. The Kier molecular flexibility index (Phi) is 4.18. The molecule has 2 aliphatic rings. The van der Waals surface area contributed by atoms with Crippen molar-refractivity contribution < 1.29 is 4.42 Å². The van der Waals surface area contributed by atoms with Gasteiger partial charge in [-0.1, -0.05) is 20.3 Å². The molecule has 1 aromatic heterocycles. The number of nitrogens with two attached hydrogens (primary N) is 1. The van der Waals surface area contributed by atoms with Crippen LogP contribution in [-0.2, 0) is 0 Å². The second kappa shape index (κ2) is 5.90. The van der Waals surface area contributed by atoms with Crippen LogP contribution in [0.5, 0.6) is 0 Å². The summed E-state index contributed by atoms with van der Waals surface area (Å²) >= 11 is 0. The minimum absolute atomic E-state index is 0.385. The molecule has 1 aliphatic heterocycles. The van der Waals surface area contributed by atoms with Gasteiger partial charge in [-0.25, -0.2) is 0 Å². The highest BCUT2D eigenvalue weighted by Gasteiger charge is 2.38. The summed E-state index contributed by atoms with van der Waals surface area (Å²) in [6.07, 6.45) is 5.10. The molecule has 1 saturated heterocycles. The molecule has 0 bridgehead atoms. The quantitative estimate of drug-likeness (QED) is 0.915. The summed E-state index contributed by atoms with van der Waals surface area (Å²) in [5, 5.41) is 0. The molecule has 1 aromatic rings. The number of nitrogens with zero attached hydrogens (tertiary/aromatic N) is 1. The first-order valence-corrected chi connectivity index (χ1v) is 8.28. The van der Waals surface area contributed by atoms with Crippen molar-refractivity contribution in [3.8, 4) is 0 Å². The third kappa shape index (κ3) is 2.66. The van der Waals surface area contributed by atoms with Gasteiger partial charge < -0.3 is 10.2 Å². The van der Waals surface area contributed by atoms with Gasteiger partial charge in [-0.05, 0) is 62.9 Å². The van der Waals surface area contributed by atoms with Crippen LogP contribution >= 0.6 is 0 Å². The molecular weight excluding hydrogens is 248 g/mol. The summed E-state index contributed by atoms with van der Waals surface area (Å²) in [4.78, 5) is 2.56. The Labute approximate surface area is 122 Å². The van der Waals surface area contributed by atoms with Crippen molar-refractivity contribution >= 4 is 0 Å².